The first-order valence-electron chi connectivity index (χ1n) is 6.98. The normalized spacial score (nSPS) is 10.2. The van der Waals surface area contributed by atoms with Gasteiger partial charge in [-0.15, -0.1) is 0 Å². The van der Waals surface area contributed by atoms with E-state index < -0.39 is 4.92 Å². The van der Waals surface area contributed by atoms with Gasteiger partial charge in [-0.3, -0.25) is 14.9 Å². The summed E-state index contributed by atoms with van der Waals surface area (Å²) in [6.07, 6.45) is 1.12. The first kappa shape index (κ1) is 16.4. The minimum atomic E-state index is -0.516. The summed E-state index contributed by atoms with van der Waals surface area (Å²) in [5.74, 6) is 0.516. The van der Waals surface area contributed by atoms with Crippen molar-refractivity contribution in [2.24, 2.45) is 0 Å². The molecule has 1 heterocycles. The van der Waals surface area contributed by atoms with Crippen molar-refractivity contribution in [2.75, 3.05) is 11.9 Å². The molecule has 0 unspecified atom stereocenters. The van der Waals surface area contributed by atoms with Gasteiger partial charge in [0.1, 0.15) is 17.8 Å². The predicted molar refractivity (Wildman–Crippen MR) is 85.7 cm³/mol. The molecule has 120 valence electrons. The van der Waals surface area contributed by atoms with Crippen molar-refractivity contribution in [3.63, 3.8) is 0 Å². The number of anilines is 1. The van der Waals surface area contributed by atoms with E-state index in [1.807, 2.05) is 32.0 Å². The quantitative estimate of drug-likeness (QED) is 0.676. The van der Waals surface area contributed by atoms with Gasteiger partial charge in [-0.2, -0.15) is 0 Å². The van der Waals surface area contributed by atoms with Crippen LogP contribution in [-0.4, -0.2) is 22.4 Å². The topological polar surface area (TPSA) is 94.4 Å². The number of nitrogens with one attached hydrogen (secondary N) is 1. The van der Waals surface area contributed by atoms with Crippen LogP contribution in [0.2, 0.25) is 0 Å². The van der Waals surface area contributed by atoms with E-state index in [0.29, 0.717) is 11.3 Å². The molecule has 1 aromatic heterocycles. The summed E-state index contributed by atoms with van der Waals surface area (Å²) in [5, 5.41) is 13.3. The van der Waals surface area contributed by atoms with Crippen molar-refractivity contribution in [3.05, 3.63) is 57.3 Å². The van der Waals surface area contributed by atoms with Crippen LogP contribution in [0, 0.1) is 30.9 Å². The molecule has 0 atom stereocenters. The fourth-order valence-electron chi connectivity index (χ4n) is 1.99. The Labute approximate surface area is 133 Å². The molecular weight excluding hydrogens is 298 g/mol. The zero-order valence-corrected chi connectivity index (χ0v) is 13.1. The Balaban J connectivity index is 1.98. The Kier molecular flexibility index (Phi) is 4.90. The number of nitrogens with zero attached hydrogens (tertiary/aromatic N) is 2. The number of nitro groups is 1. The van der Waals surface area contributed by atoms with Gasteiger partial charge < -0.3 is 10.1 Å². The number of aromatic nitrogens is 1. The molecule has 23 heavy (non-hydrogen) atoms. The first-order valence-corrected chi connectivity index (χ1v) is 6.98. The number of carbonyl (C=O) groups is 1. The fraction of sp³-hybridized carbons (Fsp3) is 0.250. The summed E-state index contributed by atoms with van der Waals surface area (Å²) in [7, 11) is 0. The number of rotatable bonds is 5. The van der Waals surface area contributed by atoms with E-state index in [1.165, 1.54) is 6.07 Å². The van der Waals surface area contributed by atoms with E-state index in [0.717, 1.165) is 17.3 Å². The molecule has 7 nitrogen and oxygen atoms in total. The van der Waals surface area contributed by atoms with Gasteiger partial charge in [0.05, 0.1) is 4.92 Å². The van der Waals surface area contributed by atoms with Gasteiger partial charge in [-0.25, -0.2) is 4.98 Å². The zero-order valence-electron chi connectivity index (χ0n) is 13.1. The maximum absolute atomic E-state index is 11.9. The van der Waals surface area contributed by atoms with E-state index in [1.54, 1.807) is 6.92 Å². The molecule has 2 rings (SSSR count). The molecule has 0 bridgehead atoms. The second-order valence-electron chi connectivity index (χ2n) is 5.22. The van der Waals surface area contributed by atoms with Gasteiger partial charge >= 0.3 is 0 Å². The summed E-state index contributed by atoms with van der Waals surface area (Å²) >= 11 is 0. The maximum atomic E-state index is 11.9. The molecule has 0 saturated heterocycles. The van der Waals surface area contributed by atoms with Gasteiger partial charge in [-0.1, -0.05) is 12.1 Å². The number of ether oxygens (including phenoxy) is 1. The average molecular weight is 315 g/mol. The molecule has 0 saturated carbocycles. The van der Waals surface area contributed by atoms with Crippen LogP contribution in [0.5, 0.6) is 5.75 Å². The second-order valence-corrected chi connectivity index (χ2v) is 5.22. The lowest BCUT2D eigenvalue weighted by molar-refractivity contribution is -0.385. The van der Waals surface area contributed by atoms with Crippen LogP contribution in [0.15, 0.2) is 30.5 Å². The zero-order chi connectivity index (χ0) is 17.0. The summed E-state index contributed by atoms with van der Waals surface area (Å²) in [4.78, 5) is 26.0. The third-order valence-electron chi connectivity index (χ3n) is 3.25. The van der Waals surface area contributed by atoms with Crippen molar-refractivity contribution in [1.82, 2.24) is 4.98 Å². The van der Waals surface area contributed by atoms with Gasteiger partial charge in [0.2, 0.25) is 0 Å². The Bertz CT molecular complexity index is 759. The molecular formula is C16H17N3O4. The highest BCUT2D eigenvalue weighted by Crippen LogP contribution is 2.20. The lowest BCUT2D eigenvalue weighted by atomic mass is 10.1. The minimum absolute atomic E-state index is 0.0883. The van der Waals surface area contributed by atoms with Crippen LogP contribution < -0.4 is 10.1 Å². The van der Waals surface area contributed by atoms with Crippen molar-refractivity contribution >= 4 is 17.4 Å². The molecule has 0 aliphatic carbocycles. The number of aryl methyl sites for hydroxylation is 3. The van der Waals surface area contributed by atoms with Gasteiger partial charge in [0.15, 0.2) is 6.61 Å². The number of amides is 1. The third kappa shape index (κ3) is 4.26. The standard InChI is InChI=1S/C16H17N3O4/c1-10-4-5-11(2)14(6-10)23-9-16(20)18-15-7-12(3)13(8-17-15)19(21)22/h4-8H,9H2,1-3H3,(H,17,18,20). The number of hydrogen-bond acceptors (Lipinski definition) is 5. The summed E-state index contributed by atoms with van der Waals surface area (Å²) in [6.45, 7) is 5.26. The maximum Gasteiger partial charge on any atom is 0.290 e. The minimum Gasteiger partial charge on any atom is -0.483 e. The number of benzene rings is 1. The second kappa shape index (κ2) is 6.87. The van der Waals surface area contributed by atoms with E-state index in [2.05, 4.69) is 10.3 Å². The molecule has 2 aromatic rings. The van der Waals surface area contributed by atoms with Crippen LogP contribution in [-0.2, 0) is 4.79 Å². The summed E-state index contributed by atoms with van der Waals surface area (Å²) < 4.78 is 5.50. The Morgan fingerprint density at radius 1 is 1.26 bits per heavy atom. The van der Waals surface area contributed by atoms with Crippen LogP contribution in [0.1, 0.15) is 16.7 Å². The third-order valence-corrected chi connectivity index (χ3v) is 3.25. The Morgan fingerprint density at radius 2 is 2.00 bits per heavy atom. The fourth-order valence-corrected chi connectivity index (χ4v) is 1.99. The van der Waals surface area contributed by atoms with E-state index >= 15 is 0 Å². The molecule has 1 N–H and O–H groups in total. The van der Waals surface area contributed by atoms with Crippen LogP contribution in [0.3, 0.4) is 0 Å². The molecule has 1 amide bonds. The highest BCUT2D eigenvalue weighted by atomic mass is 16.6. The highest BCUT2D eigenvalue weighted by Gasteiger charge is 2.13. The Hall–Kier alpha value is -2.96. The van der Waals surface area contributed by atoms with Gasteiger partial charge in [0, 0.05) is 5.56 Å². The number of carbonyl (C=O) groups excluding carboxylic acids is 1. The van der Waals surface area contributed by atoms with Crippen molar-refractivity contribution in [1.29, 1.82) is 0 Å². The Morgan fingerprint density at radius 3 is 2.65 bits per heavy atom. The largest absolute Gasteiger partial charge is 0.483 e. The number of pyridine rings is 1. The SMILES string of the molecule is Cc1ccc(C)c(OCC(=O)Nc2cc(C)c([N+](=O)[O-])cn2)c1. The van der Waals surface area contributed by atoms with Crippen LogP contribution in [0.25, 0.3) is 0 Å². The van der Waals surface area contributed by atoms with Gasteiger partial charge in [0.25, 0.3) is 11.6 Å². The predicted octanol–water partition coefficient (Wildman–Crippen LogP) is 2.93. The highest BCUT2D eigenvalue weighted by molar-refractivity contribution is 5.91. The monoisotopic (exact) mass is 315 g/mol. The van der Waals surface area contributed by atoms with Crippen LogP contribution in [0.4, 0.5) is 11.5 Å². The molecule has 0 aliphatic rings. The first-order chi connectivity index (χ1) is 10.9. The average Bonchev–Trinajstić information content (AvgIpc) is 2.48. The van der Waals surface area contributed by atoms with Crippen molar-refractivity contribution < 1.29 is 14.5 Å². The van der Waals surface area contributed by atoms with Crippen molar-refractivity contribution in [2.45, 2.75) is 20.8 Å². The molecule has 1 aromatic carbocycles. The lowest BCUT2D eigenvalue weighted by Crippen LogP contribution is -2.21. The molecule has 7 heteroatoms. The van der Waals surface area contributed by atoms with E-state index in [4.69, 9.17) is 4.74 Å². The number of hydrogen-bond donors (Lipinski definition) is 1. The molecule has 0 spiro atoms. The summed E-state index contributed by atoms with van der Waals surface area (Å²) in [6, 6.07) is 7.19. The smallest absolute Gasteiger partial charge is 0.290 e. The molecule has 0 fully saturated rings. The van der Waals surface area contributed by atoms with E-state index in [-0.39, 0.29) is 24.0 Å². The van der Waals surface area contributed by atoms with Gasteiger partial charge in [-0.05, 0) is 44.0 Å². The lowest BCUT2D eigenvalue weighted by Gasteiger charge is -2.10. The van der Waals surface area contributed by atoms with E-state index in [9.17, 15) is 14.9 Å². The van der Waals surface area contributed by atoms with Crippen molar-refractivity contribution in [3.8, 4) is 5.75 Å². The summed E-state index contributed by atoms with van der Waals surface area (Å²) in [5.41, 5.74) is 2.32. The molecule has 0 radical (unpaired) electrons. The van der Waals surface area contributed by atoms with Crippen LogP contribution >= 0.6 is 0 Å². The molecule has 0 aliphatic heterocycles.